The van der Waals surface area contributed by atoms with Crippen LogP contribution >= 0.6 is 11.3 Å². The van der Waals surface area contributed by atoms with Crippen molar-refractivity contribution in [1.29, 1.82) is 0 Å². The Bertz CT molecular complexity index is 1310. The molecule has 4 rings (SSSR count). The van der Waals surface area contributed by atoms with Gasteiger partial charge in [-0.1, -0.05) is 30.3 Å². The maximum Gasteiger partial charge on any atom is 0.313 e. The molecule has 2 heterocycles. The first-order valence-electron chi connectivity index (χ1n) is 11.6. The number of nitrogens with one attached hydrogen (secondary N) is 2. The molecule has 4 aromatic rings. The lowest BCUT2D eigenvalue weighted by molar-refractivity contribution is -0.142. The number of anilines is 1. The standard InChI is InChI=1S/C28H28N4O3S/c1-28(2,27(34)35)22-13-21(20-8-10-29-11-9-20)14-23(15-22)32-26(33)25(12-19-6-4-3-5-7-19)30-16-24-17-36-18-31-24/h3-11,13-15,17-18,25,30H,12,16H2,1-2H3,(H,32,33)(H,34,35)/t25-/m0/s1. The molecular formula is C28H28N4O3S. The van der Waals surface area contributed by atoms with E-state index in [-0.39, 0.29) is 5.91 Å². The lowest BCUT2D eigenvalue weighted by Gasteiger charge is -2.23. The summed E-state index contributed by atoms with van der Waals surface area (Å²) >= 11 is 1.51. The molecule has 3 N–H and O–H groups in total. The number of rotatable bonds is 10. The average molecular weight is 501 g/mol. The van der Waals surface area contributed by atoms with Crippen molar-refractivity contribution in [1.82, 2.24) is 15.3 Å². The number of carbonyl (C=O) groups is 2. The Hall–Kier alpha value is -3.88. The van der Waals surface area contributed by atoms with E-state index in [1.807, 2.05) is 60.0 Å². The van der Waals surface area contributed by atoms with Gasteiger partial charge in [0.25, 0.3) is 0 Å². The van der Waals surface area contributed by atoms with Gasteiger partial charge >= 0.3 is 5.97 Å². The fourth-order valence-corrected chi connectivity index (χ4v) is 4.34. The Morgan fingerprint density at radius 1 is 1.03 bits per heavy atom. The summed E-state index contributed by atoms with van der Waals surface area (Å²) in [5.41, 5.74) is 5.33. The van der Waals surface area contributed by atoms with E-state index in [9.17, 15) is 14.7 Å². The van der Waals surface area contributed by atoms with Crippen molar-refractivity contribution in [2.24, 2.45) is 0 Å². The maximum absolute atomic E-state index is 13.5. The number of carboxylic acids is 1. The second-order valence-electron chi connectivity index (χ2n) is 9.06. The number of aliphatic carboxylic acids is 1. The Balaban J connectivity index is 1.64. The Morgan fingerprint density at radius 3 is 2.44 bits per heavy atom. The van der Waals surface area contributed by atoms with Gasteiger partial charge in [-0.2, -0.15) is 0 Å². The molecule has 0 aliphatic rings. The molecule has 0 fully saturated rings. The van der Waals surface area contributed by atoms with Gasteiger partial charge in [0.1, 0.15) is 0 Å². The van der Waals surface area contributed by atoms with E-state index in [2.05, 4.69) is 20.6 Å². The predicted octanol–water partition coefficient (Wildman–Crippen LogP) is 4.91. The Morgan fingerprint density at radius 2 is 1.78 bits per heavy atom. The highest BCUT2D eigenvalue weighted by atomic mass is 32.1. The number of carbonyl (C=O) groups excluding carboxylic acids is 1. The van der Waals surface area contributed by atoms with Crippen LogP contribution in [0.4, 0.5) is 5.69 Å². The monoisotopic (exact) mass is 500 g/mol. The molecular weight excluding hydrogens is 472 g/mol. The molecule has 7 nitrogen and oxygen atoms in total. The van der Waals surface area contributed by atoms with Crippen molar-refractivity contribution in [3.8, 4) is 11.1 Å². The van der Waals surface area contributed by atoms with Crippen LogP contribution in [0.15, 0.2) is 83.9 Å². The van der Waals surface area contributed by atoms with Crippen LogP contribution in [0.3, 0.4) is 0 Å². The average Bonchev–Trinajstić information content (AvgIpc) is 3.41. The number of hydrogen-bond acceptors (Lipinski definition) is 6. The largest absolute Gasteiger partial charge is 0.481 e. The molecule has 8 heteroatoms. The zero-order valence-electron chi connectivity index (χ0n) is 20.1. The molecule has 0 saturated heterocycles. The molecule has 1 atom stereocenters. The van der Waals surface area contributed by atoms with Crippen LogP contribution in [0.25, 0.3) is 11.1 Å². The molecule has 2 aromatic heterocycles. The third-order valence-electron chi connectivity index (χ3n) is 6.08. The summed E-state index contributed by atoms with van der Waals surface area (Å²) in [4.78, 5) is 33.9. The van der Waals surface area contributed by atoms with Gasteiger partial charge in [-0.05, 0) is 72.9 Å². The molecule has 0 aliphatic heterocycles. The smallest absolute Gasteiger partial charge is 0.313 e. The second-order valence-corrected chi connectivity index (χ2v) is 9.78. The summed E-state index contributed by atoms with van der Waals surface area (Å²) in [6.07, 6.45) is 3.86. The number of thiazole rings is 1. The van der Waals surface area contributed by atoms with Gasteiger partial charge in [0.2, 0.25) is 5.91 Å². The summed E-state index contributed by atoms with van der Waals surface area (Å²) in [5.74, 6) is -1.15. The maximum atomic E-state index is 13.5. The van der Waals surface area contributed by atoms with E-state index in [1.165, 1.54) is 11.3 Å². The van der Waals surface area contributed by atoms with E-state index in [0.717, 1.165) is 22.4 Å². The minimum Gasteiger partial charge on any atom is -0.481 e. The molecule has 0 bridgehead atoms. The Labute approximate surface area is 214 Å². The molecule has 0 saturated carbocycles. The minimum atomic E-state index is -1.14. The fraction of sp³-hybridized carbons (Fsp3) is 0.214. The van der Waals surface area contributed by atoms with Gasteiger partial charge in [-0.3, -0.25) is 19.9 Å². The van der Waals surface area contributed by atoms with E-state index in [4.69, 9.17) is 0 Å². The summed E-state index contributed by atoms with van der Waals surface area (Å²) in [5, 5.41) is 18.1. The van der Waals surface area contributed by atoms with E-state index in [1.54, 1.807) is 37.8 Å². The van der Waals surface area contributed by atoms with Gasteiger partial charge in [0, 0.05) is 30.0 Å². The number of amides is 1. The lowest BCUT2D eigenvalue weighted by Crippen LogP contribution is -2.42. The second kappa shape index (κ2) is 11.2. The molecule has 1 amide bonds. The first-order valence-corrected chi connectivity index (χ1v) is 12.5. The molecule has 0 spiro atoms. The predicted molar refractivity (Wildman–Crippen MR) is 142 cm³/mol. The van der Waals surface area contributed by atoms with Crippen LogP contribution in [0, 0.1) is 0 Å². The zero-order valence-corrected chi connectivity index (χ0v) is 21.0. The van der Waals surface area contributed by atoms with Crippen molar-refractivity contribution < 1.29 is 14.7 Å². The third-order valence-corrected chi connectivity index (χ3v) is 6.72. The summed E-state index contributed by atoms with van der Waals surface area (Å²) in [6.45, 7) is 3.77. The number of aromatic nitrogens is 2. The SMILES string of the molecule is CC(C)(C(=O)O)c1cc(NC(=O)[C@H](Cc2ccccc2)NCc2cscn2)cc(-c2ccncc2)c1. The molecule has 0 unspecified atom stereocenters. The van der Waals surface area contributed by atoms with Crippen molar-refractivity contribution in [2.45, 2.75) is 38.3 Å². The normalized spacial score (nSPS) is 12.2. The third kappa shape index (κ3) is 6.21. The number of benzene rings is 2. The highest BCUT2D eigenvalue weighted by Gasteiger charge is 2.30. The van der Waals surface area contributed by atoms with Gasteiger partial charge in [-0.15, -0.1) is 11.3 Å². The van der Waals surface area contributed by atoms with Crippen LogP contribution in [0.5, 0.6) is 0 Å². The molecule has 184 valence electrons. The number of nitrogens with zero attached hydrogens (tertiary/aromatic N) is 2. The number of hydrogen-bond donors (Lipinski definition) is 3. The topological polar surface area (TPSA) is 104 Å². The molecule has 0 radical (unpaired) electrons. The zero-order chi connectivity index (χ0) is 25.5. The number of pyridine rings is 1. The fourth-order valence-electron chi connectivity index (χ4n) is 3.78. The van der Waals surface area contributed by atoms with Crippen LogP contribution in [-0.4, -0.2) is 33.0 Å². The van der Waals surface area contributed by atoms with Crippen molar-refractivity contribution >= 4 is 28.9 Å². The van der Waals surface area contributed by atoms with Crippen molar-refractivity contribution in [3.63, 3.8) is 0 Å². The van der Waals surface area contributed by atoms with E-state index < -0.39 is 17.4 Å². The quantitative estimate of drug-likeness (QED) is 0.286. The molecule has 2 aromatic carbocycles. The van der Waals surface area contributed by atoms with Crippen LogP contribution in [-0.2, 0) is 28.0 Å². The van der Waals surface area contributed by atoms with Gasteiger partial charge in [0.15, 0.2) is 0 Å². The van der Waals surface area contributed by atoms with Crippen LogP contribution < -0.4 is 10.6 Å². The summed E-state index contributed by atoms with van der Waals surface area (Å²) in [7, 11) is 0. The highest BCUT2D eigenvalue weighted by molar-refractivity contribution is 7.07. The van der Waals surface area contributed by atoms with E-state index in [0.29, 0.717) is 24.2 Å². The first kappa shape index (κ1) is 25.2. The van der Waals surface area contributed by atoms with Gasteiger partial charge in [-0.25, -0.2) is 4.98 Å². The van der Waals surface area contributed by atoms with Crippen molar-refractivity contribution in [2.75, 3.05) is 5.32 Å². The van der Waals surface area contributed by atoms with Gasteiger partial charge < -0.3 is 10.4 Å². The minimum absolute atomic E-state index is 0.208. The van der Waals surface area contributed by atoms with Crippen LogP contribution in [0.1, 0.15) is 30.7 Å². The summed E-state index contributed by atoms with van der Waals surface area (Å²) < 4.78 is 0. The Kier molecular flexibility index (Phi) is 7.87. The van der Waals surface area contributed by atoms with Crippen LogP contribution in [0.2, 0.25) is 0 Å². The number of carboxylic acid groups (broad SMARTS) is 1. The first-order chi connectivity index (χ1) is 17.3. The highest BCUT2D eigenvalue weighted by Crippen LogP contribution is 2.32. The summed E-state index contributed by atoms with van der Waals surface area (Å²) in [6, 6.07) is 18.4. The lowest BCUT2D eigenvalue weighted by atomic mass is 9.83. The van der Waals surface area contributed by atoms with E-state index >= 15 is 0 Å². The van der Waals surface area contributed by atoms with Crippen molar-refractivity contribution in [3.05, 3.63) is 101 Å². The molecule has 0 aliphatic carbocycles. The molecule has 36 heavy (non-hydrogen) atoms. The van der Waals surface area contributed by atoms with Gasteiger partial charge in [0.05, 0.1) is 22.7 Å².